The number of hydrogen-bond donors (Lipinski definition) is 1. The first-order chi connectivity index (χ1) is 15.5. The highest BCUT2D eigenvalue weighted by Crippen LogP contribution is 2.31. The number of aromatic carboxylic acids is 1. The van der Waals surface area contributed by atoms with Crippen molar-refractivity contribution >= 4 is 11.9 Å². The number of aromatic nitrogens is 2. The molecule has 0 aliphatic heterocycles. The summed E-state index contributed by atoms with van der Waals surface area (Å²) in [6.45, 7) is 0.862. The Morgan fingerprint density at radius 3 is 2.72 bits per heavy atom. The monoisotopic (exact) mass is 441 g/mol. The number of benzene rings is 2. The number of carboxylic acid groups (broad SMARTS) is 1. The Labute approximate surface area is 184 Å². The molecule has 1 N–H and O–H groups in total. The van der Waals surface area contributed by atoms with Crippen molar-refractivity contribution in [1.82, 2.24) is 14.5 Å². The van der Waals surface area contributed by atoms with Crippen LogP contribution in [0, 0.1) is 5.82 Å². The topological polar surface area (TPSA) is 93.9 Å². The maximum atomic E-state index is 13.6. The predicted octanol–water partition coefficient (Wildman–Crippen LogP) is 3.23. The van der Waals surface area contributed by atoms with Gasteiger partial charge in [-0.1, -0.05) is 18.2 Å². The number of carbonyl (C=O) groups is 2. The molecule has 0 aliphatic carbocycles. The summed E-state index contributed by atoms with van der Waals surface area (Å²) in [5.41, 5.74) is 0.540. The van der Waals surface area contributed by atoms with Gasteiger partial charge in [-0.15, -0.1) is 0 Å². The van der Waals surface area contributed by atoms with Crippen LogP contribution in [0.25, 0.3) is 0 Å². The van der Waals surface area contributed by atoms with Gasteiger partial charge < -0.3 is 24.0 Å². The second-order valence-corrected chi connectivity index (χ2v) is 7.03. The zero-order chi connectivity index (χ0) is 22.9. The van der Waals surface area contributed by atoms with Crippen molar-refractivity contribution in [3.05, 3.63) is 78.1 Å². The molecule has 8 nitrogen and oxygen atoms in total. The molecule has 0 saturated heterocycles. The van der Waals surface area contributed by atoms with Crippen molar-refractivity contribution in [1.29, 1.82) is 0 Å². The van der Waals surface area contributed by atoms with E-state index in [1.807, 2.05) is 10.8 Å². The van der Waals surface area contributed by atoms with Gasteiger partial charge in [0.2, 0.25) is 0 Å². The minimum atomic E-state index is -1.19. The van der Waals surface area contributed by atoms with E-state index in [2.05, 4.69) is 4.98 Å². The van der Waals surface area contributed by atoms with Gasteiger partial charge in [0.1, 0.15) is 11.4 Å². The summed E-state index contributed by atoms with van der Waals surface area (Å²) in [7, 11) is 1.39. The van der Waals surface area contributed by atoms with Crippen molar-refractivity contribution in [2.45, 2.75) is 19.5 Å². The summed E-state index contributed by atoms with van der Waals surface area (Å²) < 4.78 is 26.3. The number of carboxylic acids is 1. The Morgan fingerprint density at radius 2 is 2.03 bits per heavy atom. The molecule has 168 valence electrons. The summed E-state index contributed by atoms with van der Waals surface area (Å²) in [5.74, 6) is -1.73. The number of hydrogen-bond acceptors (Lipinski definition) is 5. The van der Waals surface area contributed by atoms with Gasteiger partial charge in [-0.2, -0.15) is 0 Å². The van der Waals surface area contributed by atoms with Crippen molar-refractivity contribution in [3.8, 4) is 11.5 Å². The Kier molecular flexibility index (Phi) is 7.80. The molecule has 3 aromatic rings. The highest BCUT2D eigenvalue weighted by molar-refractivity contribution is 5.92. The molecule has 3 rings (SSSR count). The molecule has 1 amide bonds. The lowest BCUT2D eigenvalue weighted by atomic mass is 10.2. The van der Waals surface area contributed by atoms with Gasteiger partial charge in [-0.3, -0.25) is 4.79 Å². The molecule has 0 fully saturated rings. The van der Waals surface area contributed by atoms with Crippen molar-refractivity contribution < 1.29 is 28.6 Å². The predicted molar refractivity (Wildman–Crippen MR) is 114 cm³/mol. The molecule has 32 heavy (non-hydrogen) atoms. The number of methoxy groups -OCH3 is 1. The van der Waals surface area contributed by atoms with Gasteiger partial charge in [-0.05, 0) is 36.2 Å². The molecule has 0 radical (unpaired) electrons. The van der Waals surface area contributed by atoms with E-state index in [-0.39, 0.29) is 41.9 Å². The SMILES string of the molecule is COc1cccc(C(=O)O)c1OCC(=O)N(CCCn1ccnc1)Cc1cccc(F)c1. The molecule has 9 heteroatoms. The molecule has 0 bridgehead atoms. The quantitative estimate of drug-likeness (QED) is 0.491. The van der Waals surface area contributed by atoms with E-state index >= 15 is 0 Å². The summed E-state index contributed by atoms with van der Waals surface area (Å²) in [5, 5.41) is 9.41. The number of para-hydroxylation sites is 1. The molecule has 2 aromatic carbocycles. The third-order valence-corrected chi connectivity index (χ3v) is 4.79. The average molecular weight is 441 g/mol. The summed E-state index contributed by atoms with van der Waals surface area (Å²) in [6.07, 6.45) is 5.84. The Hall–Kier alpha value is -3.88. The van der Waals surface area contributed by atoms with Crippen LogP contribution in [0.15, 0.2) is 61.2 Å². The number of imidazole rings is 1. The van der Waals surface area contributed by atoms with Crippen molar-refractivity contribution in [2.24, 2.45) is 0 Å². The second kappa shape index (κ2) is 10.9. The van der Waals surface area contributed by atoms with Crippen molar-refractivity contribution in [3.63, 3.8) is 0 Å². The maximum Gasteiger partial charge on any atom is 0.339 e. The number of halogens is 1. The molecule has 0 aliphatic rings. The first-order valence-corrected chi connectivity index (χ1v) is 9.99. The lowest BCUT2D eigenvalue weighted by Gasteiger charge is -2.23. The summed E-state index contributed by atoms with van der Waals surface area (Å²) in [6, 6.07) is 10.5. The van der Waals surface area contributed by atoms with Gasteiger partial charge in [-0.25, -0.2) is 14.2 Å². The molecule has 1 heterocycles. The van der Waals surface area contributed by atoms with Crippen LogP contribution in [-0.2, 0) is 17.9 Å². The second-order valence-electron chi connectivity index (χ2n) is 7.03. The number of rotatable bonds is 11. The first-order valence-electron chi connectivity index (χ1n) is 9.99. The van der Waals surface area contributed by atoms with Gasteiger partial charge in [0.05, 0.1) is 13.4 Å². The van der Waals surface area contributed by atoms with E-state index in [0.717, 1.165) is 0 Å². The standard InChI is InChI=1S/C23H24FN3O5/c1-31-20-8-3-7-19(23(29)30)22(20)32-15-21(28)27(11-4-10-26-12-9-25-16-26)14-17-5-2-6-18(24)13-17/h2-3,5-9,12-13,16H,4,10-11,14-15H2,1H3,(H,29,30). The van der Waals surface area contributed by atoms with Crippen LogP contribution >= 0.6 is 0 Å². The van der Waals surface area contributed by atoms with Crippen LogP contribution in [0.5, 0.6) is 11.5 Å². The molecule has 0 atom stereocenters. The normalized spacial score (nSPS) is 10.6. The van der Waals surface area contributed by atoms with E-state index in [1.165, 1.54) is 31.4 Å². The van der Waals surface area contributed by atoms with Crippen LogP contribution in [0.1, 0.15) is 22.3 Å². The fraction of sp³-hybridized carbons (Fsp3) is 0.261. The Bertz CT molecular complexity index is 1060. The largest absolute Gasteiger partial charge is 0.493 e. The summed E-state index contributed by atoms with van der Waals surface area (Å²) >= 11 is 0. The van der Waals surface area contributed by atoms with E-state index in [9.17, 15) is 19.1 Å². The molecular weight excluding hydrogens is 417 g/mol. The van der Waals surface area contributed by atoms with E-state index in [4.69, 9.17) is 9.47 Å². The fourth-order valence-electron chi connectivity index (χ4n) is 3.23. The molecule has 0 unspecified atom stereocenters. The lowest BCUT2D eigenvalue weighted by molar-refractivity contribution is -0.134. The van der Waals surface area contributed by atoms with Gasteiger partial charge in [0.25, 0.3) is 5.91 Å². The summed E-state index contributed by atoms with van der Waals surface area (Å²) in [4.78, 5) is 30.1. The number of ether oxygens (including phenoxy) is 2. The van der Waals surface area contributed by atoms with Crippen molar-refractivity contribution in [2.75, 3.05) is 20.3 Å². The lowest BCUT2D eigenvalue weighted by Crippen LogP contribution is -2.36. The fourth-order valence-corrected chi connectivity index (χ4v) is 3.23. The van der Waals surface area contributed by atoms with E-state index in [1.54, 1.807) is 35.6 Å². The molecular formula is C23H24FN3O5. The third kappa shape index (κ3) is 6.07. The van der Waals surface area contributed by atoms with Gasteiger partial charge in [0.15, 0.2) is 18.1 Å². The zero-order valence-electron chi connectivity index (χ0n) is 17.6. The van der Waals surface area contributed by atoms with E-state index in [0.29, 0.717) is 25.1 Å². The smallest absolute Gasteiger partial charge is 0.339 e. The van der Waals surface area contributed by atoms with Crippen LogP contribution < -0.4 is 9.47 Å². The number of aryl methyl sites for hydroxylation is 1. The minimum absolute atomic E-state index is 0.0139. The number of amides is 1. The Balaban J connectivity index is 1.72. The number of nitrogens with zero attached hydrogens (tertiary/aromatic N) is 3. The van der Waals surface area contributed by atoms with Gasteiger partial charge in [0, 0.05) is 32.0 Å². The molecule has 1 aromatic heterocycles. The Morgan fingerprint density at radius 1 is 1.22 bits per heavy atom. The molecule has 0 spiro atoms. The van der Waals surface area contributed by atoms with Crippen LogP contribution in [0.3, 0.4) is 0 Å². The van der Waals surface area contributed by atoms with Crippen LogP contribution in [-0.4, -0.2) is 51.7 Å². The third-order valence-electron chi connectivity index (χ3n) is 4.79. The number of carbonyl (C=O) groups excluding carboxylic acids is 1. The zero-order valence-corrected chi connectivity index (χ0v) is 17.6. The minimum Gasteiger partial charge on any atom is -0.493 e. The highest BCUT2D eigenvalue weighted by atomic mass is 19.1. The first kappa shape index (κ1) is 22.8. The van der Waals surface area contributed by atoms with Crippen LogP contribution in [0.2, 0.25) is 0 Å². The van der Waals surface area contributed by atoms with Crippen LogP contribution in [0.4, 0.5) is 4.39 Å². The van der Waals surface area contributed by atoms with E-state index < -0.39 is 5.97 Å². The molecule has 0 saturated carbocycles. The average Bonchev–Trinajstić information content (AvgIpc) is 3.30. The highest BCUT2D eigenvalue weighted by Gasteiger charge is 2.20. The van der Waals surface area contributed by atoms with Gasteiger partial charge >= 0.3 is 5.97 Å². The maximum absolute atomic E-state index is 13.6.